The number of nitrogens with zero attached hydrogens (tertiary/aromatic N) is 1. The SMILES string of the molecule is CC1(c2ccc(Cl)cc2)NC(=O)N(CCOc2ccccc2F)C1=O. The zero-order valence-corrected chi connectivity index (χ0v) is 14.2. The maximum absolute atomic E-state index is 13.5. The van der Waals surface area contributed by atoms with Crippen molar-refractivity contribution in [2.24, 2.45) is 0 Å². The number of para-hydroxylation sites is 1. The minimum absolute atomic E-state index is 0.00318. The molecule has 0 saturated carbocycles. The second-order valence-corrected chi connectivity index (χ2v) is 6.23. The first kappa shape index (κ1) is 17.2. The molecule has 1 atom stereocenters. The molecule has 0 radical (unpaired) electrons. The summed E-state index contributed by atoms with van der Waals surface area (Å²) in [5, 5.41) is 3.23. The van der Waals surface area contributed by atoms with Crippen LogP contribution in [0.3, 0.4) is 0 Å². The van der Waals surface area contributed by atoms with Crippen LogP contribution >= 0.6 is 11.6 Å². The first-order chi connectivity index (χ1) is 11.9. The highest BCUT2D eigenvalue weighted by atomic mass is 35.5. The molecular formula is C18H16ClFN2O3. The lowest BCUT2D eigenvalue weighted by atomic mass is 9.92. The smallest absolute Gasteiger partial charge is 0.325 e. The van der Waals surface area contributed by atoms with E-state index in [1.807, 2.05) is 0 Å². The molecule has 130 valence electrons. The molecule has 0 bridgehead atoms. The van der Waals surface area contributed by atoms with E-state index in [9.17, 15) is 14.0 Å². The molecule has 2 aromatic carbocycles. The van der Waals surface area contributed by atoms with Crippen molar-refractivity contribution in [2.45, 2.75) is 12.5 Å². The molecule has 1 aliphatic rings. The van der Waals surface area contributed by atoms with Gasteiger partial charge in [0.1, 0.15) is 12.1 Å². The number of carbonyl (C=O) groups excluding carboxylic acids is 2. The Kier molecular flexibility index (Phi) is 4.63. The van der Waals surface area contributed by atoms with Crippen LogP contribution in [0.15, 0.2) is 48.5 Å². The Balaban J connectivity index is 1.69. The van der Waals surface area contributed by atoms with Gasteiger partial charge >= 0.3 is 6.03 Å². The minimum atomic E-state index is -1.17. The molecule has 0 aromatic heterocycles. The summed E-state index contributed by atoms with van der Waals surface area (Å²) in [6.45, 7) is 1.65. The third-order valence-electron chi connectivity index (χ3n) is 4.11. The molecule has 3 amide bonds. The molecule has 7 heteroatoms. The van der Waals surface area contributed by atoms with E-state index in [0.717, 1.165) is 4.90 Å². The third kappa shape index (κ3) is 3.30. The second-order valence-electron chi connectivity index (χ2n) is 5.80. The summed E-state index contributed by atoms with van der Waals surface area (Å²) in [6.07, 6.45) is 0. The fourth-order valence-corrected chi connectivity index (χ4v) is 2.81. The quantitative estimate of drug-likeness (QED) is 0.830. The summed E-state index contributed by atoms with van der Waals surface area (Å²) in [7, 11) is 0. The van der Waals surface area contributed by atoms with Crippen molar-refractivity contribution in [1.82, 2.24) is 10.2 Å². The molecule has 1 N–H and O–H groups in total. The van der Waals surface area contributed by atoms with Gasteiger partial charge in [-0.25, -0.2) is 9.18 Å². The summed E-state index contributed by atoms with van der Waals surface area (Å²) < 4.78 is 18.8. The van der Waals surface area contributed by atoms with Crippen LogP contribution in [0, 0.1) is 5.82 Å². The van der Waals surface area contributed by atoms with Crippen LogP contribution < -0.4 is 10.1 Å². The van der Waals surface area contributed by atoms with E-state index in [1.54, 1.807) is 43.3 Å². The number of imide groups is 1. The van der Waals surface area contributed by atoms with Crippen LogP contribution in [0.2, 0.25) is 5.02 Å². The molecule has 1 heterocycles. The van der Waals surface area contributed by atoms with Crippen molar-refractivity contribution in [2.75, 3.05) is 13.2 Å². The molecule has 25 heavy (non-hydrogen) atoms. The topological polar surface area (TPSA) is 58.6 Å². The lowest BCUT2D eigenvalue weighted by Gasteiger charge is -2.22. The third-order valence-corrected chi connectivity index (χ3v) is 4.36. The number of benzene rings is 2. The normalized spacial score (nSPS) is 19.9. The number of amides is 3. The van der Waals surface area contributed by atoms with E-state index in [0.29, 0.717) is 10.6 Å². The Morgan fingerprint density at radius 1 is 1.16 bits per heavy atom. The first-order valence-corrected chi connectivity index (χ1v) is 8.07. The van der Waals surface area contributed by atoms with E-state index in [-0.39, 0.29) is 18.9 Å². The van der Waals surface area contributed by atoms with Gasteiger partial charge in [0.25, 0.3) is 5.91 Å². The fraction of sp³-hybridized carbons (Fsp3) is 0.222. The number of nitrogens with one attached hydrogen (secondary N) is 1. The van der Waals surface area contributed by atoms with Crippen molar-refractivity contribution < 1.29 is 18.7 Å². The lowest BCUT2D eigenvalue weighted by Crippen LogP contribution is -2.41. The van der Waals surface area contributed by atoms with Gasteiger partial charge in [0.05, 0.1) is 6.54 Å². The van der Waals surface area contributed by atoms with Gasteiger partial charge in [-0.3, -0.25) is 9.69 Å². The van der Waals surface area contributed by atoms with E-state index in [2.05, 4.69) is 5.32 Å². The summed E-state index contributed by atoms with van der Waals surface area (Å²) >= 11 is 5.87. The maximum atomic E-state index is 13.5. The molecule has 1 unspecified atom stereocenters. The largest absolute Gasteiger partial charge is 0.489 e. The number of halogens is 2. The van der Waals surface area contributed by atoms with Crippen molar-refractivity contribution in [3.05, 3.63) is 64.9 Å². The monoisotopic (exact) mass is 362 g/mol. The van der Waals surface area contributed by atoms with Crippen LogP contribution in [0.25, 0.3) is 0 Å². The van der Waals surface area contributed by atoms with Crippen LogP contribution in [0.1, 0.15) is 12.5 Å². The zero-order chi connectivity index (χ0) is 18.0. The molecule has 1 fully saturated rings. The van der Waals surface area contributed by atoms with E-state index in [1.165, 1.54) is 12.1 Å². The summed E-state index contributed by atoms with van der Waals surface area (Å²) in [5.74, 6) is -0.808. The number of urea groups is 1. The highest BCUT2D eigenvalue weighted by Crippen LogP contribution is 2.29. The Morgan fingerprint density at radius 3 is 2.52 bits per heavy atom. The van der Waals surface area contributed by atoms with Gasteiger partial charge in [-0.05, 0) is 36.8 Å². The molecule has 0 spiro atoms. The molecule has 0 aliphatic carbocycles. The van der Waals surface area contributed by atoms with Gasteiger partial charge in [-0.15, -0.1) is 0 Å². The van der Waals surface area contributed by atoms with Crippen molar-refractivity contribution in [3.63, 3.8) is 0 Å². The molecular weight excluding hydrogens is 347 g/mol. The Morgan fingerprint density at radius 2 is 1.84 bits per heavy atom. The summed E-state index contributed by atoms with van der Waals surface area (Å²) in [4.78, 5) is 26.0. The highest BCUT2D eigenvalue weighted by molar-refractivity contribution is 6.30. The molecule has 1 saturated heterocycles. The van der Waals surface area contributed by atoms with Crippen LogP contribution in [0.5, 0.6) is 5.75 Å². The molecule has 1 aliphatic heterocycles. The number of ether oxygens (including phenoxy) is 1. The molecule has 3 rings (SSSR count). The van der Waals surface area contributed by atoms with Crippen molar-refractivity contribution in [1.29, 1.82) is 0 Å². The fourth-order valence-electron chi connectivity index (χ4n) is 2.69. The minimum Gasteiger partial charge on any atom is -0.489 e. The molecule has 5 nitrogen and oxygen atoms in total. The summed E-state index contributed by atoms with van der Waals surface area (Å²) in [6, 6.07) is 12.1. The van der Waals surface area contributed by atoms with E-state index < -0.39 is 23.3 Å². The Labute approximate surface area is 149 Å². The van der Waals surface area contributed by atoms with E-state index >= 15 is 0 Å². The van der Waals surface area contributed by atoms with Gasteiger partial charge in [0.15, 0.2) is 11.6 Å². The van der Waals surface area contributed by atoms with Crippen LogP contribution in [0.4, 0.5) is 9.18 Å². The van der Waals surface area contributed by atoms with Crippen molar-refractivity contribution >= 4 is 23.5 Å². The number of rotatable bonds is 5. The van der Waals surface area contributed by atoms with Crippen LogP contribution in [-0.2, 0) is 10.3 Å². The summed E-state index contributed by atoms with van der Waals surface area (Å²) in [5.41, 5.74) is -0.535. The number of hydrogen-bond donors (Lipinski definition) is 1. The Bertz CT molecular complexity index is 812. The van der Waals surface area contributed by atoms with Crippen LogP contribution in [-0.4, -0.2) is 30.0 Å². The average molecular weight is 363 g/mol. The van der Waals surface area contributed by atoms with Crippen molar-refractivity contribution in [3.8, 4) is 5.75 Å². The van der Waals surface area contributed by atoms with Gasteiger partial charge < -0.3 is 10.1 Å². The standard InChI is InChI=1S/C18H16ClFN2O3/c1-18(12-6-8-13(19)9-7-12)16(23)22(17(24)21-18)10-11-25-15-5-3-2-4-14(15)20/h2-9H,10-11H2,1H3,(H,21,24). The molecule has 2 aromatic rings. The first-order valence-electron chi connectivity index (χ1n) is 7.69. The highest BCUT2D eigenvalue weighted by Gasteiger charge is 2.48. The predicted octanol–water partition coefficient (Wildman–Crippen LogP) is 3.33. The van der Waals surface area contributed by atoms with Gasteiger partial charge in [0.2, 0.25) is 0 Å². The Hall–Kier alpha value is -2.60. The second kappa shape index (κ2) is 6.72. The van der Waals surface area contributed by atoms with Gasteiger partial charge in [0, 0.05) is 5.02 Å². The van der Waals surface area contributed by atoms with Gasteiger partial charge in [-0.1, -0.05) is 35.9 Å². The number of carbonyl (C=O) groups is 2. The zero-order valence-electron chi connectivity index (χ0n) is 13.5. The van der Waals surface area contributed by atoms with E-state index in [4.69, 9.17) is 16.3 Å². The van der Waals surface area contributed by atoms with Gasteiger partial charge in [-0.2, -0.15) is 0 Å². The maximum Gasteiger partial charge on any atom is 0.325 e. The average Bonchev–Trinajstić information content (AvgIpc) is 2.81. The lowest BCUT2D eigenvalue weighted by molar-refractivity contribution is -0.131. The number of hydrogen-bond acceptors (Lipinski definition) is 3. The predicted molar refractivity (Wildman–Crippen MR) is 90.9 cm³/mol.